The zero-order valence-corrected chi connectivity index (χ0v) is 16.5. The van der Waals surface area contributed by atoms with Crippen molar-refractivity contribution < 1.29 is 36.9 Å². The summed E-state index contributed by atoms with van der Waals surface area (Å²) in [6.07, 6.45) is -0.387. The Kier molecular flexibility index (Phi) is 6.20. The summed E-state index contributed by atoms with van der Waals surface area (Å²) in [6.45, 7) is 3.31. The van der Waals surface area contributed by atoms with Gasteiger partial charge in [0, 0.05) is 5.38 Å². The molecule has 4 N–H and O–H groups in total. The Balaban J connectivity index is 2.30. The predicted octanol–water partition coefficient (Wildman–Crippen LogP) is -1.47. The van der Waals surface area contributed by atoms with Gasteiger partial charge in [0.05, 0.1) is 7.11 Å². The summed E-state index contributed by atoms with van der Waals surface area (Å²) in [4.78, 5) is 45.4. The molecule has 0 radical (unpaired) electrons. The molecular weight excluding hydrogens is 418 g/mol. The number of nitrogens with one attached hydrogen (secondary N) is 1. The second-order valence-corrected chi connectivity index (χ2v) is 7.87. The van der Waals surface area contributed by atoms with Crippen LogP contribution in [0.4, 0.5) is 5.13 Å². The van der Waals surface area contributed by atoms with E-state index < -0.39 is 40.2 Å². The fraction of sp³-hybridized carbons (Fsp3) is 0.462. The van der Waals surface area contributed by atoms with Crippen molar-refractivity contribution in [3.8, 4) is 0 Å². The van der Waals surface area contributed by atoms with Crippen LogP contribution in [0.3, 0.4) is 0 Å². The minimum atomic E-state index is -5.03. The fourth-order valence-corrected chi connectivity index (χ4v) is 3.57. The number of carbonyl (C=O) groups excluding carboxylic acids is 3. The maximum Gasteiger partial charge on any atom is 0.363 e. The Labute approximate surface area is 163 Å². The van der Waals surface area contributed by atoms with Gasteiger partial charge in [-0.15, -0.1) is 11.3 Å². The van der Waals surface area contributed by atoms with Gasteiger partial charge in [0.15, 0.2) is 16.9 Å². The standard InChI is InChI=1S/C13H17N5O8S2/c1-5(2)26-17-7(6-4-27-13(14)15-6)10(19)16-8-9(12(21)25-3)18(11(8)20)28(22,23)24/h4-5,8-9H,1-3H3,(H2,14,15)(H,16,19)(H,22,23,24)/t8-,9-/m1/s1. The van der Waals surface area contributed by atoms with Crippen molar-refractivity contribution >= 4 is 50.3 Å². The van der Waals surface area contributed by atoms with Gasteiger partial charge < -0.3 is 20.6 Å². The Morgan fingerprint density at radius 1 is 1.46 bits per heavy atom. The fourth-order valence-electron chi connectivity index (χ4n) is 2.18. The topological polar surface area (TPSA) is 191 Å². The zero-order valence-electron chi connectivity index (χ0n) is 14.8. The molecule has 2 rings (SSSR count). The molecule has 28 heavy (non-hydrogen) atoms. The molecule has 2 heterocycles. The lowest BCUT2D eigenvalue weighted by atomic mass is 9.98. The Bertz CT molecular complexity index is 925. The number of hydrogen-bond donors (Lipinski definition) is 3. The van der Waals surface area contributed by atoms with Crippen LogP contribution in [-0.2, 0) is 34.3 Å². The summed E-state index contributed by atoms with van der Waals surface area (Å²) in [5.74, 6) is -3.36. The van der Waals surface area contributed by atoms with Gasteiger partial charge in [0.2, 0.25) is 0 Å². The highest BCUT2D eigenvalue weighted by Gasteiger charge is 2.58. The molecule has 2 atom stereocenters. The average molecular weight is 435 g/mol. The quantitative estimate of drug-likeness (QED) is 0.150. The molecule has 1 saturated heterocycles. The minimum Gasteiger partial charge on any atom is -0.467 e. The molecular formula is C13H17N5O8S2. The highest BCUT2D eigenvalue weighted by atomic mass is 32.2. The number of oxime groups is 1. The molecule has 1 aromatic rings. The van der Waals surface area contributed by atoms with E-state index in [1.54, 1.807) is 13.8 Å². The monoisotopic (exact) mass is 435 g/mol. The number of rotatable bonds is 7. The molecule has 0 bridgehead atoms. The lowest BCUT2D eigenvalue weighted by molar-refractivity contribution is -0.162. The molecule has 154 valence electrons. The summed E-state index contributed by atoms with van der Waals surface area (Å²) >= 11 is 1.03. The lowest BCUT2D eigenvalue weighted by Crippen LogP contribution is -2.74. The molecule has 0 saturated carbocycles. The van der Waals surface area contributed by atoms with E-state index in [0.717, 1.165) is 18.4 Å². The van der Waals surface area contributed by atoms with Crippen molar-refractivity contribution in [3.05, 3.63) is 11.1 Å². The van der Waals surface area contributed by atoms with Gasteiger partial charge in [-0.3, -0.25) is 14.1 Å². The van der Waals surface area contributed by atoms with Crippen LogP contribution in [0.15, 0.2) is 10.5 Å². The van der Waals surface area contributed by atoms with Gasteiger partial charge in [-0.2, -0.15) is 12.7 Å². The average Bonchev–Trinajstić information content (AvgIpc) is 3.01. The number of nitrogens with two attached hydrogens (primary N) is 1. The zero-order chi connectivity index (χ0) is 21.2. The second kappa shape index (κ2) is 8.07. The third kappa shape index (κ3) is 4.37. The van der Waals surface area contributed by atoms with E-state index in [0.29, 0.717) is 0 Å². The first-order valence-electron chi connectivity index (χ1n) is 7.62. The lowest BCUT2D eigenvalue weighted by Gasteiger charge is -2.41. The van der Waals surface area contributed by atoms with Gasteiger partial charge in [-0.25, -0.2) is 9.78 Å². The first-order valence-corrected chi connectivity index (χ1v) is 9.89. The molecule has 2 amide bonds. The predicted molar refractivity (Wildman–Crippen MR) is 95.4 cm³/mol. The normalized spacial score (nSPS) is 20.0. The van der Waals surface area contributed by atoms with E-state index in [4.69, 9.17) is 15.1 Å². The van der Waals surface area contributed by atoms with E-state index in [1.807, 2.05) is 0 Å². The van der Waals surface area contributed by atoms with Crippen LogP contribution in [0.25, 0.3) is 0 Å². The molecule has 0 aliphatic carbocycles. The maximum atomic E-state index is 12.6. The highest BCUT2D eigenvalue weighted by molar-refractivity contribution is 7.84. The number of ether oxygens (including phenoxy) is 1. The number of carbonyl (C=O) groups is 3. The van der Waals surface area contributed by atoms with Crippen LogP contribution in [0.5, 0.6) is 0 Å². The molecule has 13 nitrogen and oxygen atoms in total. The Hall–Kier alpha value is -2.78. The van der Waals surface area contributed by atoms with Gasteiger partial charge in [-0.05, 0) is 13.8 Å². The summed E-state index contributed by atoms with van der Waals surface area (Å²) < 4.78 is 36.0. The van der Waals surface area contributed by atoms with Crippen molar-refractivity contribution in [1.82, 2.24) is 14.6 Å². The summed E-state index contributed by atoms with van der Waals surface area (Å²) in [7, 11) is -4.08. The summed E-state index contributed by atoms with van der Waals surface area (Å²) in [5, 5.41) is 7.42. The highest BCUT2D eigenvalue weighted by Crippen LogP contribution is 2.25. The van der Waals surface area contributed by atoms with Gasteiger partial charge in [0.1, 0.15) is 17.8 Å². The van der Waals surface area contributed by atoms with Crippen LogP contribution >= 0.6 is 11.3 Å². The number of nitrogen functional groups attached to an aromatic ring is 1. The van der Waals surface area contributed by atoms with Gasteiger partial charge in [0.25, 0.3) is 11.8 Å². The first-order chi connectivity index (χ1) is 13.0. The van der Waals surface area contributed by atoms with Crippen LogP contribution < -0.4 is 11.1 Å². The van der Waals surface area contributed by atoms with E-state index in [2.05, 4.69) is 20.2 Å². The van der Waals surface area contributed by atoms with E-state index >= 15 is 0 Å². The Morgan fingerprint density at radius 2 is 2.11 bits per heavy atom. The van der Waals surface area contributed by atoms with Crippen LogP contribution in [-0.4, -0.2) is 71.1 Å². The van der Waals surface area contributed by atoms with Crippen LogP contribution in [0, 0.1) is 0 Å². The Morgan fingerprint density at radius 3 is 2.57 bits per heavy atom. The number of aromatic nitrogens is 1. The van der Waals surface area contributed by atoms with Crippen molar-refractivity contribution in [2.24, 2.45) is 5.16 Å². The molecule has 1 aliphatic rings. The number of hydrogen-bond acceptors (Lipinski definition) is 11. The van der Waals surface area contributed by atoms with Gasteiger partial charge >= 0.3 is 16.3 Å². The second-order valence-electron chi connectivity index (χ2n) is 5.70. The molecule has 0 aromatic carbocycles. The number of esters is 1. The molecule has 1 aromatic heterocycles. The van der Waals surface area contributed by atoms with Gasteiger partial charge in [-0.1, -0.05) is 5.16 Å². The van der Waals surface area contributed by atoms with E-state index in [1.165, 1.54) is 5.38 Å². The number of nitrogens with zero attached hydrogens (tertiary/aromatic N) is 3. The molecule has 0 unspecified atom stereocenters. The third-order valence-electron chi connectivity index (χ3n) is 3.36. The number of amides is 2. The number of β-lactam (4-membered cyclic amide) rings is 1. The minimum absolute atomic E-state index is 0.0497. The number of anilines is 1. The van der Waals surface area contributed by atoms with E-state index in [-0.39, 0.29) is 26.9 Å². The van der Waals surface area contributed by atoms with Crippen molar-refractivity contribution in [3.63, 3.8) is 0 Å². The van der Waals surface area contributed by atoms with Crippen LogP contribution in [0.1, 0.15) is 19.5 Å². The molecule has 1 aliphatic heterocycles. The van der Waals surface area contributed by atoms with E-state index in [9.17, 15) is 22.8 Å². The molecule has 15 heteroatoms. The van der Waals surface area contributed by atoms with Crippen molar-refractivity contribution in [2.75, 3.05) is 12.8 Å². The number of thiazole rings is 1. The summed E-state index contributed by atoms with van der Waals surface area (Å²) in [5.41, 5.74) is 5.25. The van der Waals surface area contributed by atoms with Crippen molar-refractivity contribution in [1.29, 1.82) is 0 Å². The number of methoxy groups -OCH3 is 1. The maximum absolute atomic E-state index is 12.6. The third-order valence-corrected chi connectivity index (χ3v) is 4.94. The largest absolute Gasteiger partial charge is 0.467 e. The van der Waals surface area contributed by atoms with Crippen molar-refractivity contribution in [2.45, 2.75) is 32.0 Å². The first kappa shape index (κ1) is 21.5. The molecule has 1 fully saturated rings. The SMILES string of the molecule is COC(=O)[C@H]1[C@@H](NC(=O)C(=NOC(C)C)c2csc(N)n2)C(=O)N1S(=O)(=O)O. The molecule has 0 spiro atoms. The smallest absolute Gasteiger partial charge is 0.363 e. The summed E-state index contributed by atoms with van der Waals surface area (Å²) in [6, 6.07) is -3.38. The van der Waals surface area contributed by atoms with Crippen LogP contribution in [0.2, 0.25) is 0 Å².